The number of hydrogen-bond donors (Lipinski definition) is 2. The van der Waals surface area contributed by atoms with Crippen LogP contribution in [0, 0.1) is 5.82 Å². The van der Waals surface area contributed by atoms with Crippen LogP contribution in [-0.4, -0.2) is 20.2 Å². The van der Waals surface area contributed by atoms with Gasteiger partial charge in [-0.1, -0.05) is 13.0 Å². The van der Waals surface area contributed by atoms with Gasteiger partial charge in [0.1, 0.15) is 11.3 Å². The Kier molecular flexibility index (Phi) is 3.15. The molecule has 6 heteroatoms. The number of rotatable bonds is 3. The zero-order valence-corrected chi connectivity index (χ0v) is 12.5. The highest BCUT2D eigenvalue weighted by molar-refractivity contribution is 5.91. The van der Waals surface area contributed by atoms with Gasteiger partial charge in [0.25, 0.3) is 0 Å². The molecule has 0 bridgehead atoms. The van der Waals surface area contributed by atoms with Gasteiger partial charge in [-0.25, -0.2) is 4.39 Å². The van der Waals surface area contributed by atoms with Crippen LogP contribution in [0.25, 0.3) is 21.8 Å². The predicted octanol–water partition coefficient (Wildman–Crippen LogP) is 3.95. The lowest BCUT2D eigenvalue weighted by atomic mass is 10.1. The molecule has 0 aliphatic rings. The van der Waals surface area contributed by atoms with E-state index < -0.39 is 0 Å². The number of aryl methyl sites for hydroxylation is 1. The maximum Gasteiger partial charge on any atom is 0.178 e. The van der Waals surface area contributed by atoms with Gasteiger partial charge in [0.2, 0.25) is 0 Å². The van der Waals surface area contributed by atoms with Gasteiger partial charge in [0.05, 0.1) is 11.7 Å². The lowest BCUT2D eigenvalue weighted by Crippen LogP contribution is -1.95. The van der Waals surface area contributed by atoms with Crippen LogP contribution in [0.5, 0.6) is 0 Å². The molecule has 0 fully saturated rings. The van der Waals surface area contributed by atoms with E-state index >= 15 is 0 Å². The van der Waals surface area contributed by atoms with E-state index in [-0.39, 0.29) is 5.82 Å². The molecule has 114 valence electrons. The normalized spacial score (nSPS) is 11.2. The van der Waals surface area contributed by atoms with Crippen LogP contribution >= 0.6 is 0 Å². The number of H-pyrrole nitrogens is 1. The molecule has 0 saturated carbocycles. The van der Waals surface area contributed by atoms with Gasteiger partial charge >= 0.3 is 0 Å². The quantitative estimate of drug-likeness (QED) is 0.601. The summed E-state index contributed by atoms with van der Waals surface area (Å²) in [5.74, 6) is 0.288. The Morgan fingerprint density at radius 1 is 1.17 bits per heavy atom. The van der Waals surface area contributed by atoms with Crippen molar-refractivity contribution >= 4 is 33.3 Å². The molecule has 0 spiro atoms. The van der Waals surface area contributed by atoms with E-state index in [0.717, 1.165) is 34.2 Å². The number of nitrogens with one attached hydrogen (secondary N) is 2. The van der Waals surface area contributed by atoms with Crippen molar-refractivity contribution in [1.29, 1.82) is 0 Å². The van der Waals surface area contributed by atoms with Gasteiger partial charge < -0.3 is 5.32 Å². The second kappa shape index (κ2) is 5.31. The minimum Gasteiger partial charge on any atom is -0.337 e. The van der Waals surface area contributed by atoms with E-state index in [2.05, 4.69) is 25.5 Å². The lowest BCUT2D eigenvalue weighted by Gasteiger charge is -2.08. The summed E-state index contributed by atoms with van der Waals surface area (Å²) in [6.45, 7) is 2.01. The minimum absolute atomic E-state index is 0.328. The summed E-state index contributed by atoms with van der Waals surface area (Å²) in [4.78, 5) is 8.45. The van der Waals surface area contributed by atoms with Crippen molar-refractivity contribution in [3.63, 3.8) is 0 Å². The first kappa shape index (κ1) is 13.6. The van der Waals surface area contributed by atoms with Crippen LogP contribution in [0.2, 0.25) is 0 Å². The topological polar surface area (TPSA) is 66.5 Å². The number of fused-ring (bicyclic) bond motifs is 2. The molecule has 4 rings (SSSR count). The van der Waals surface area contributed by atoms with Crippen LogP contribution < -0.4 is 5.32 Å². The van der Waals surface area contributed by atoms with Crippen molar-refractivity contribution in [2.75, 3.05) is 5.32 Å². The Morgan fingerprint density at radius 3 is 2.96 bits per heavy atom. The largest absolute Gasteiger partial charge is 0.337 e. The summed E-state index contributed by atoms with van der Waals surface area (Å²) in [5, 5.41) is 11.7. The third-order valence-corrected chi connectivity index (χ3v) is 3.84. The van der Waals surface area contributed by atoms with Gasteiger partial charge in [-0.2, -0.15) is 5.10 Å². The van der Waals surface area contributed by atoms with Crippen LogP contribution in [0.3, 0.4) is 0 Å². The second-order valence-corrected chi connectivity index (χ2v) is 5.26. The fourth-order valence-corrected chi connectivity index (χ4v) is 2.70. The fraction of sp³-hybridized carbons (Fsp3) is 0.118. The Balaban J connectivity index is 1.79. The van der Waals surface area contributed by atoms with Gasteiger partial charge in [0.15, 0.2) is 5.82 Å². The predicted molar refractivity (Wildman–Crippen MR) is 88.3 cm³/mol. The molecule has 5 nitrogen and oxygen atoms in total. The number of aromatic nitrogens is 4. The Hall–Kier alpha value is -3.02. The van der Waals surface area contributed by atoms with E-state index in [0.29, 0.717) is 11.2 Å². The average Bonchev–Trinajstić information content (AvgIpc) is 2.99. The van der Waals surface area contributed by atoms with E-state index in [9.17, 15) is 4.39 Å². The highest BCUT2D eigenvalue weighted by Gasteiger charge is 2.10. The van der Waals surface area contributed by atoms with Crippen molar-refractivity contribution in [2.24, 2.45) is 0 Å². The van der Waals surface area contributed by atoms with Crippen LogP contribution in [0.1, 0.15) is 12.6 Å². The van der Waals surface area contributed by atoms with E-state index in [1.54, 1.807) is 12.3 Å². The molecule has 0 unspecified atom stereocenters. The van der Waals surface area contributed by atoms with Crippen molar-refractivity contribution in [3.8, 4) is 0 Å². The fourth-order valence-electron chi connectivity index (χ4n) is 2.70. The highest BCUT2D eigenvalue weighted by Crippen LogP contribution is 2.27. The molecule has 3 heterocycles. The molecule has 0 radical (unpaired) electrons. The third-order valence-electron chi connectivity index (χ3n) is 3.84. The average molecular weight is 307 g/mol. The van der Waals surface area contributed by atoms with Crippen molar-refractivity contribution in [2.45, 2.75) is 13.3 Å². The summed E-state index contributed by atoms with van der Waals surface area (Å²) >= 11 is 0. The number of anilines is 2. The molecular weight excluding hydrogens is 293 g/mol. The summed E-state index contributed by atoms with van der Waals surface area (Å²) in [5.41, 5.74) is 3.24. The standard InChI is InChI=1S/C17H14FN5/c1-2-14-11-6-5-10(8-12(11)13(18)9-20-14)21-17-16-15(22-23-17)4-3-7-19-16/h3-9H,2H2,1H3,(H2,21,22,23). The second-order valence-electron chi connectivity index (χ2n) is 5.26. The summed E-state index contributed by atoms with van der Waals surface area (Å²) in [6.07, 6.45) is 3.75. The number of aromatic amines is 1. The lowest BCUT2D eigenvalue weighted by molar-refractivity contribution is 0.632. The molecule has 0 aliphatic carbocycles. The maximum absolute atomic E-state index is 14.1. The van der Waals surface area contributed by atoms with Crippen molar-refractivity contribution in [3.05, 3.63) is 54.2 Å². The zero-order valence-electron chi connectivity index (χ0n) is 12.5. The molecule has 4 aromatic rings. The Labute approximate surface area is 131 Å². The molecule has 0 amide bonds. The zero-order chi connectivity index (χ0) is 15.8. The molecule has 23 heavy (non-hydrogen) atoms. The monoisotopic (exact) mass is 307 g/mol. The van der Waals surface area contributed by atoms with Gasteiger partial charge in [-0.3, -0.25) is 15.1 Å². The van der Waals surface area contributed by atoms with Gasteiger partial charge in [-0.15, -0.1) is 0 Å². The SMILES string of the molecule is CCc1ncc(F)c2cc(Nc3n[nH]c4cccnc34)ccc12. The van der Waals surface area contributed by atoms with Crippen LogP contribution in [-0.2, 0) is 6.42 Å². The Bertz CT molecular complexity index is 1010. The molecular formula is C17H14FN5. The Morgan fingerprint density at radius 2 is 2.09 bits per heavy atom. The molecule has 0 aliphatic heterocycles. The first-order valence-electron chi connectivity index (χ1n) is 7.39. The summed E-state index contributed by atoms with van der Waals surface area (Å²) in [7, 11) is 0. The number of nitrogens with zero attached hydrogens (tertiary/aromatic N) is 3. The molecule has 1 aromatic carbocycles. The van der Waals surface area contributed by atoms with Crippen LogP contribution in [0.15, 0.2) is 42.7 Å². The number of benzene rings is 1. The highest BCUT2D eigenvalue weighted by atomic mass is 19.1. The summed E-state index contributed by atoms with van der Waals surface area (Å²) in [6, 6.07) is 9.30. The minimum atomic E-state index is -0.328. The van der Waals surface area contributed by atoms with Gasteiger partial charge in [-0.05, 0) is 30.7 Å². The molecule has 0 atom stereocenters. The third kappa shape index (κ3) is 2.28. The first-order chi connectivity index (χ1) is 11.3. The number of hydrogen-bond acceptors (Lipinski definition) is 4. The van der Waals surface area contributed by atoms with E-state index in [1.165, 1.54) is 6.20 Å². The van der Waals surface area contributed by atoms with Crippen LogP contribution in [0.4, 0.5) is 15.9 Å². The molecule has 2 N–H and O–H groups in total. The number of pyridine rings is 2. The first-order valence-corrected chi connectivity index (χ1v) is 7.39. The van der Waals surface area contributed by atoms with Gasteiger partial charge in [0, 0.05) is 28.4 Å². The summed E-state index contributed by atoms with van der Waals surface area (Å²) < 4.78 is 14.1. The van der Waals surface area contributed by atoms with Crippen molar-refractivity contribution < 1.29 is 4.39 Å². The van der Waals surface area contributed by atoms with E-state index in [1.807, 2.05) is 31.2 Å². The number of halogens is 1. The van der Waals surface area contributed by atoms with Crippen molar-refractivity contribution in [1.82, 2.24) is 20.2 Å². The van der Waals surface area contributed by atoms with E-state index in [4.69, 9.17) is 0 Å². The molecule has 0 saturated heterocycles. The maximum atomic E-state index is 14.1. The molecule has 3 aromatic heterocycles. The smallest absolute Gasteiger partial charge is 0.178 e.